The monoisotopic (exact) mass is 327 g/mol. The van der Waals surface area contributed by atoms with Gasteiger partial charge in [0.1, 0.15) is 0 Å². The van der Waals surface area contributed by atoms with Crippen molar-refractivity contribution in [2.24, 2.45) is 4.99 Å². The van der Waals surface area contributed by atoms with Crippen molar-refractivity contribution in [3.05, 3.63) is 47.0 Å². The van der Waals surface area contributed by atoms with Crippen LogP contribution in [0.2, 0.25) is 0 Å². The van der Waals surface area contributed by atoms with E-state index in [9.17, 15) is 0 Å². The van der Waals surface area contributed by atoms with Crippen LogP contribution in [0, 0.1) is 0 Å². The van der Waals surface area contributed by atoms with Gasteiger partial charge in [-0.3, -0.25) is 4.99 Å². The van der Waals surface area contributed by atoms with E-state index in [1.807, 2.05) is 36.5 Å². The Morgan fingerprint density at radius 1 is 0.792 bits per heavy atom. The molecule has 24 heavy (non-hydrogen) atoms. The molecule has 0 saturated heterocycles. The van der Waals surface area contributed by atoms with Crippen molar-refractivity contribution in [3.63, 3.8) is 0 Å². The molecule has 0 aromatic heterocycles. The molecule has 2 aromatic carbocycles. The van der Waals surface area contributed by atoms with Crippen molar-refractivity contribution in [2.45, 2.75) is 5.92 Å². The molecule has 1 aliphatic heterocycles. The first kappa shape index (κ1) is 16.2. The Bertz CT molecular complexity index is 770. The van der Waals surface area contributed by atoms with Crippen LogP contribution in [0.4, 0.5) is 0 Å². The molecule has 5 nitrogen and oxygen atoms in total. The van der Waals surface area contributed by atoms with E-state index >= 15 is 0 Å². The zero-order valence-corrected chi connectivity index (χ0v) is 14.3. The minimum atomic E-state index is 0.129. The Hall–Kier alpha value is -2.69. The van der Waals surface area contributed by atoms with Gasteiger partial charge in [0, 0.05) is 24.2 Å². The molecule has 1 unspecified atom stereocenters. The number of hydrogen-bond acceptors (Lipinski definition) is 5. The number of benzene rings is 2. The van der Waals surface area contributed by atoms with Crippen LogP contribution in [0.1, 0.15) is 22.6 Å². The smallest absolute Gasteiger partial charge is 0.161 e. The lowest BCUT2D eigenvalue weighted by molar-refractivity contribution is 0.353. The Labute approximate surface area is 141 Å². The van der Waals surface area contributed by atoms with Gasteiger partial charge in [-0.1, -0.05) is 6.07 Å². The first-order valence-electron chi connectivity index (χ1n) is 7.69. The molecule has 3 rings (SSSR count). The van der Waals surface area contributed by atoms with Crippen LogP contribution in [0.5, 0.6) is 23.0 Å². The van der Waals surface area contributed by atoms with E-state index in [-0.39, 0.29) is 5.92 Å². The quantitative estimate of drug-likeness (QED) is 0.845. The molecule has 0 fully saturated rings. The fourth-order valence-corrected chi connectivity index (χ4v) is 3.03. The van der Waals surface area contributed by atoms with Crippen LogP contribution in [0.15, 0.2) is 35.3 Å². The molecule has 0 spiro atoms. The normalized spacial score (nSPS) is 15.6. The van der Waals surface area contributed by atoms with Crippen LogP contribution >= 0.6 is 0 Å². The number of rotatable bonds is 5. The maximum Gasteiger partial charge on any atom is 0.161 e. The second-order valence-corrected chi connectivity index (χ2v) is 5.50. The number of methoxy groups -OCH3 is 4. The number of fused-ring (bicyclic) bond motifs is 1. The first-order valence-corrected chi connectivity index (χ1v) is 7.69. The summed E-state index contributed by atoms with van der Waals surface area (Å²) in [6.07, 6.45) is 1.88. The Morgan fingerprint density at radius 2 is 1.42 bits per heavy atom. The van der Waals surface area contributed by atoms with E-state index in [0.717, 1.165) is 22.4 Å². The van der Waals surface area contributed by atoms with E-state index in [1.54, 1.807) is 28.4 Å². The van der Waals surface area contributed by atoms with Crippen LogP contribution in [-0.4, -0.2) is 41.2 Å². The summed E-state index contributed by atoms with van der Waals surface area (Å²) in [4.78, 5) is 4.51. The summed E-state index contributed by atoms with van der Waals surface area (Å²) in [5.74, 6) is 2.98. The molecule has 126 valence electrons. The van der Waals surface area contributed by atoms with Gasteiger partial charge in [-0.15, -0.1) is 0 Å². The van der Waals surface area contributed by atoms with E-state index in [0.29, 0.717) is 23.8 Å². The van der Waals surface area contributed by atoms with Gasteiger partial charge in [-0.05, 0) is 35.4 Å². The first-order chi connectivity index (χ1) is 11.7. The van der Waals surface area contributed by atoms with Gasteiger partial charge in [-0.2, -0.15) is 0 Å². The predicted molar refractivity (Wildman–Crippen MR) is 93.4 cm³/mol. The molecular formula is C19H21NO4. The predicted octanol–water partition coefficient (Wildman–Crippen LogP) is 3.29. The number of aliphatic imine (C=N–C) groups is 1. The zero-order chi connectivity index (χ0) is 17.1. The molecule has 0 aliphatic carbocycles. The van der Waals surface area contributed by atoms with E-state index in [4.69, 9.17) is 18.9 Å². The van der Waals surface area contributed by atoms with Gasteiger partial charge >= 0.3 is 0 Å². The highest BCUT2D eigenvalue weighted by Crippen LogP contribution is 2.39. The van der Waals surface area contributed by atoms with Crippen molar-refractivity contribution in [3.8, 4) is 23.0 Å². The van der Waals surface area contributed by atoms with Crippen molar-refractivity contribution >= 4 is 6.21 Å². The molecule has 0 saturated carbocycles. The highest BCUT2D eigenvalue weighted by atomic mass is 16.5. The third-order valence-corrected chi connectivity index (χ3v) is 4.29. The van der Waals surface area contributed by atoms with E-state index < -0.39 is 0 Å². The topological polar surface area (TPSA) is 49.3 Å². The summed E-state index contributed by atoms with van der Waals surface area (Å²) < 4.78 is 21.6. The van der Waals surface area contributed by atoms with Crippen molar-refractivity contribution in [2.75, 3.05) is 35.0 Å². The summed E-state index contributed by atoms with van der Waals surface area (Å²) in [5.41, 5.74) is 3.33. The summed E-state index contributed by atoms with van der Waals surface area (Å²) in [7, 11) is 6.56. The van der Waals surface area contributed by atoms with Crippen molar-refractivity contribution in [1.82, 2.24) is 0 Å². The third kappa shape index (κ3) is 2.77. The van der Waals surface area contributed by atoms with Crippen LogP contribution in [0.3, 0.4) is 0 Å². The molecule has 5 heteroatoms. The minimum absolute atomic E-state index is 0.129. The summed E-state index contributed by atoms with van der Waals surface area (Å²) >= 11 is 0. The summed E-state index contributed by atoms with van der Waals surface area (Å²) in [6.45, 7) is 0.679. The largest absolute Gasteiger partial charge is 0.493 e. The van der Waals surface area contributed by atoms with Gasteiger partial charge in [0.2, 0.25) is 0 Å². The maximum absolute atomic E-state index is 5.45. The standard InChI is InChI=1S/C19H21NO4/c1-21-16-6-5-12(7-17(16)22-2)15-11-20-10-13-8-18(23-3)19(24-4)9-14(13)15/h5-10,15H,11H2,1-4H3. The molecular weight excluding hydrogens is 306 g/mol. The van der Waals surface area contributed by atoms with Crippen LogP contribution in [-0.2, 0) is 0 Å². The summed E-state index contributed by atoms with van der Waals surface area (Å²) in [5, 5.41) is 0. The van der Waals surface area contributed by atoms with Gasteiger partial charge in [-0.25, -0.2) is 0 Å². The van der Waals surface area contributed by atoms with Gasteiger partial charge in [0.15, 0.2) is 23.0 Å². The highest BCUT2D eigenvalue weighted by Gasteiger charge is 2.23. The number of hydrogen-bond donors (Lipinski definition) is 0. The van der Waals surface area contributed by atoms with E-state index in [1.165, 1.54) is 0 Å². The second-order valence-electron chi connectivity index (χ2n) is 5.50. The van der Waals surface area contributed by atoms with E-state index in [2.05, 4.69) is 4.99 Å². The Kier molecular flexibility index (Phi) is 4.60. The fraction of sp³-hybridized carbons (Fsp3) is 0.316. The molecule has 0 N–H and O–H groups in total. The Balaban J connectivity index is 2.08. The molecule has 1 atom stereocenters. The van der Waals surface area contributed by atoms with Gasteiger partial charge in [0.05, 0.1) is 28.4 Å². The molecule has 0 bridgehead atoms. The Morgan fingerprint density at radius 3 is 2.08 bits per heavy atom. The number of ether oxygens (including phenoxy) is 4. The molecule has 1 aliphatic rings. The average Bonchev–Trinajstić information content (AvgIpc) is 2.65. The highest BCUT2D eigenvalue weighted by molar-refractivity contribution is 5.85. The lowest BCUT2D eigenvalue weighted by atomic mass is 9.86. The molecule has 1 heterocycles. The number of nitrogens with zero attached hydrogens (tertiary/aromatic N) is 1. The second kappa shape index (κ2) is 6.83. The minimum Gasteiger partial charge on any atom is -0.493 e. The zero-order valence-electron chi connectivity index (χ0n) is 14.3. The van der Waals surface area contributed by atoms with Crippen molar-refractivity contribution < 1.29 is 18.9 Å². The molecule has 2 aromatic rings. The van der Waals surface area contributed by atoms with Gasteiger partial charge < -0.3 is 18.9 Å². The molecule has 0 radical (unpaired) electrons. The fourth-order valence-electron chi connectivity index (χ4n) is 3.03. The maximum atomic E-state index is 5.45. The molecule has 0 amide bonds. The summed E-state index contributed by atoms with van der Waals surface area (Å²) in [6, 6.07) is 9.97. The average molecular weight is 327 g/mol. The van der Waals surface area contributed by atoms with Crippen LogP contribution in [0.25, 0.3) is 0 Å². The van der Waals surface area contributed by atoms with Gasteiger partial charge in [0.25, 0.3) is 0 Å². The van der Waals surface area contributed by atoms with Crippen molar-refractivity contribution in [1.29, 1.82) is 0 Å². The van der Waals surface area contributed by atoms with Crippen LogP contribution < -0.4 is 18.9 Å². The third-order valence-electron chi connectivity index (χ3n) is 4.29. The SMILES string of the molecule is COc1ccc(C2CN=Cc3cc(OC)c(OC)cc32)cc1OC. The lowest BCUT2D eigenvalue weighted by Crippen LogP contribution is -2.13. The lowest BCUT2D eigenvalue weighted by Gasteiger charge is -2.24.